The number of nitrogens with one attached hydrogen (secondary N) is 1. The Hall–Kier alpha value is -4.59. The molecule has 8 rings (SSSR count). The van der Waals surface area contributed by atoms with Gasteiger partial charge >= 0.3 is 0 Å². The Labute approximate surface area is 200 Å². The number of carbonyl (C=O) groups is 1. The van der Waals surface area contributed by atoms with Gasteiger partial charge in [-0.25, -0.2) is 15.0 Å². The van der Waals surface area contributed by atoms with Crippen LogP contribution in [-0.4, -0.2) is 28.0 Å². The minimum absolute atomic E-state index is 0.232. The molecule has 0 bridgehead atoms. The summed E-state index contributed by atoms with van der Waals surface area (Å²) >= 11 is 0. The van der Waals surface area contributed by atoms with E-state index in [9.17, 15) is 4.79 Å². The molecule has 0 fully saturated rings. The lowest BCUT2D eigenvalue weighted by atomic mass is 10.00. The normalized spacial score (nSPS) is 20.6. The van der Waals surface area contributed by atoms with Crippen molar-refractivity contribution >= 4 is 28.9 Å². The van der Waals surface area contributed by atoms with E-state index in [-0.39, 0.29) is 5.91 Å². The quantitative estimate of drug-likeness (QED) is 0.388. The van der Waals surface area contributed by atoms with Gasteiger partial charge in [-0.3, -0.25) is 9.36 Å². The Morgan fingerprint density at radius 3 is 2.71 bits per heavy atom. The minimum atomic E-state index is -1.37. The van der Waals surface area contributed by atoms with Crippen molar-refractivity contribution < 1.29 is 4.79 Å². The van der Waals surface area contributed by atoms with Crippen LogP contribution in [0.3, 0.4) is 0 Å². The van der Waals surface area contributed by atoms with Gasteiger partial charge in [0.15, 0.2) is 5.49 Å². The summed E-state index contributed by atoms with van der Waals surface area (Å²) in [5.41, 5.74) is 6.02. The highest BCUT2D eigenvalue weighted by Crippen LogP contribution is 2.42. The Morgan fingerprint density at radius 2 is 1.74 bits per heavy atom. The summed E-state index contributed by atoms with van der Waals surface area (Å²) in [5.74, 6) is 0.262. The molecule has 35 heavy (non-hydrogen) atoms. The van der Waals surface area contributed by atoms with Crippen LogP contribution in [-0.2, 0) is 16.9 Å². The van der Waals surface area contributed by atoms with E-state index in [0.717, 1.165) is 53.3 Å². The van der Waals surface area contributed by atoms with Crippen LogP contribution in [0.2, 0.25) is 0 Å². The molecule has 0 radical (unpaired) electrons. The number of para-hydroxylation sites is 3. The summed E-state index contributed by atoms with van der Waals surface area (Å²) in [7, 11) is 0. The first-order chi connectivity index (χ1) is 17.2. The molecule has 1 unspecified atom stereocenters. The van der Waals surface area contributed by atoms with Crippen molar-refractivity contribution in [2.45, 2.75) is 18.5 Å². The largest absolute Gasteiger partial charge is 0.322 e. The Kier molecular flexibility index (Phi) is 3.49. The second-order valence-corrected chi connectivity index (χ2v) is 9.13. The van der Waals surface area contributed by atoms with Gasteiger partial charge in [-0.05, 0) is 36.6 Å². The van der Waals surface area contributed by atoms with Crippen molar-refractivity contribution in [3.8, 4) is 11.3 Å². The van der Waals surface area contributed by atoms with Gasteiger partial charge in [0.1, 0.15) is 5.69 Å². The zero-order valence-electron chi connectivity index (χ0n) is 18.6. The number of aliphatic imine (C=N–C) groups is 1. The first kappa shape index (κ1) is 18.8. The third-order valence-electron chi connectivity index (χ3n) is 7.23. The molecule has 4 aromatic rings. The lowest BCUT2D eigenvalue weighted by Crippen LogP contribution is -2.54. The molecule has 1 spiro atoms. The van der Waals surface area contributed by atoms with Crippen molar-refractivity contribution in [3.05, 3.63) is 95.0 Å². The van der Waals surface area contributed by atoms with Crippen LogP contribution in [0.15, 0.2) is 87.8 Å². The number of imidazole rings is 1. The number of hydrogen-bond acceptors (Lipinski definition) is 6. The number of aromatic nitrogens is 2. The third kappa shape index (κ3) is 2.33. The summed E-state index contributed by atoms with van der Waals surface area (Å²) in [6.45, 7) is 0.770. The van der Waals surface area contributed by atoms with Crippen LogP contribution < -0.4 is 21.3 Å². The van der Waals surface area contributed by atoms with Gasteiger partial charge in [-0.1, -0.05) is 54.6 Å². The van der Waals surface area contributed by atoms with Crippen LogP contribution >= 0.6 is 0 Å². The molecule has 0 saturated carbocycles. The number of carbonyl (C=O) groups excluding carboxylic acids is 1. The van der Waals surface area contributed by atoms with E-state index in [1.165, 1.54) is 5.56 Å². The number of amides is 1. The number of nitrogens with zero attached hydrogens (tertiary/aromatic N) is 6. The maximum absolute atomic E-state index is 13.8. The fourth-order valence-corrected chi connectivity index (χ4v) is 5.67. The molecule has 168 valence electrons. The molecular weight excluding hydrogens is 438 g/mol. The van der Waals surface area contributed by atoms with Gasteiger partial charge in [-0.2, -0.15) is 4.99 Å². The van der Waals surface area contributed by atoms with Crippen LogP contribution in [0.25, 0.3) is 11.3 Å². The number of rotatable bonds is 0. The first-order valence-electron chi connectivity index (χ1n) is 11.8. The Morgan fingerprint density at radius 1 is 0.914 bits per heavy atom. The number of fused-ring (bicyclic) bond motifs is 9. The van der Waals surface area contributed by atoms with E-state index in [0.29, 0.717) is 17.1 Å². The molecule has 0 aliphatic carbocycles. The van der Waals surface area contributed by atoms with Crippen molar-refractivity contribution in [3.63, 3.8) is 0 Å². The van der Waals surface area contributed by atoms with Gasteiger partial charge < -0.3 is 10.2 Å². The monoisotopic (exact) mass is 457 g/mol. The second-order valence-electron chi connectivity index (χ2n) is 9.13. The molecule has 1 aromatic heterocycles. The standard InChI is InChI=1S/C27H19N7O/c35-24-27(18-11-3-5-13-20(18)29-24)32-26(33-15-7-9-16-8-1-6-14-21(16)33)31-25-30-22-17-10-2-4-12-19(17)28-23(22)34(25)27/h1-6,8,10-14H,7,9,15H2,(H,29,35). The maximum Gasteiger partial charge on any atom is 0.278 e. The van der Waals surface area contributed by atoms with Crippen LogP contribution in [0.4, 0.5) is 17.1 Å². The molecule has 4 aliphatic rings. The number of hydrogen-bond donors (Lipinski definition) is 1. The zero-order valence-corrected chi connectivity index (χ0v) is 18.6. The van der Waals surface area contributed by atoms with E-state index in [1.807, 2.05) is 59.2 Å². The van der Waals surface area contributed by atoms with Crippen LogP contribution in [0.5, 0.6) is 0 Å². The maximum atomic E-state index is 13.8. The van der Waals surface area contributed by atoms with Crippen LogP contribution in [0, 0.1) is 0 Å². The van der Waals surface area contributed by atoms with Gasteiger partial charge in [0.25, 0.3) is 11.6 Å². The van der Waals surface area contributed by atoms with E-state index in [2.05, 4.69) is 28.4 Å². The first-order valence-corrected chi connectivity index (χ1v) is 11.8. The predicted octanol–water partition coefficient (Wildman–Crippen LogP) is 2.91. The topological polar surface area (TPSA) is 87.2 Å². The highest BCUT2D eigenvalue weighted by atomic mass is 16.2. The number of benzene rings is 3. The van der Waals surface area contributed by atoms with Crippen LogP contribution in [0.1, 0.15) is 17.5 Å². The molecule has 1 N–H and O–H groups in total. The number of aryl methyl sites for hydroxylation is 1. The molecule has 3 aromatic carbocycles. The van der Waals surface area contributed by atoms with E-state index in [1.54, 1.807) is 0 Å². The fourth-order valence-electron chi connectivity index (χ4n) is 5.67. The number of anilines is 2. The Bertz CT molecular complexity index is 1750. The molecule has 8 heteroatoms. The average Bonchev–Trinajstić information content (AvgIpc) is 3.52. The summed E-state index contributed by atoms with van der Waals surface area (Å²) < 4.78 is 1.81. The van der Waals surface area contributed by atoms with E-state index >= 15 is 0 Å². The molecule has 1 atom stereocenters. The molecule has 1 amide bonds. The molecule has 4 aliphatic heterocycles. The van der Waals surface area contributed by atoms with E-state index in [4.69, 9.17) is 20.0 Å². The molecule has 5 heterocycles. The highest BCUT2D eigenvalue weighted by molar-refractivity contribution is 6.09. The smallest absolute Gasteiger partial charge is 0.278 e. The lowest BCUT2D eigenvalue weighted by Gasteiger charge is -2.34. The van der Waals surface area contributed by atoms with Crippen molar-refractivity contribution in [1.82, 2.24) is 9.55 Å². The predicted molar refractivity (Wildman–Crippen MR) is 131 cm³/mol. The lowest BCUT2D eigenvalue weighted by molar-refractivity contribution is -0.121. The van der Waals surface area contributed by atoms with Gasteiger partial charge in [0, 0.05) is 29.0 Å². The summed E-state index contributed by atoms with van der Waals surface area (Å²) in [4.78, 5) is 35.8. The van der Waals surface area contributed by atoms with Crippen molar-refractivity contribution in [2.24, 2.45) is 15.0 Å². The second kappa shape index (κ2) is 6.50. The van der Waals surface area contributed by atoms with Gasteiger partial charge in [-0.15, -0.1) is 0 Å². The molecular formula is C27H19N7O. The highest BCUT2D eigenvalue weighted by Gasteiger charge is 2.53. The van der Waals surface area contributed by atoms with Gasteiger partial charge in [0.05, 0.1) is 5.69 Å². The molecule has 8 nitrogen and oxygen atoms in total. The SMILES string of the molecule is O=C1Nc2ccccc2C12N=C(N1CCCc3ccccc31)N=c1nc3c(n12)=Nc1ccccc1-3. The Balaban J connectivity index is 1.45. The molecule has 0 saturated heterocycles. The minimum Gasteiger partial charge on any atom is -0.322 e. The van der Waals surface area contributed by atoms with Gasteiger partial charge in [0.2, 0.25) is 11.6 Å². The van der Waals surface area contributed by atoms with E-state index < -0.39 is 5.66 Å². The fraction of sp³-hybridized carbons (Fsp3) is 0.148. The van der Waals surface area contributed by atoms with Crippen molar-refractivity contribution in [2.75, 3.05) is 16.8 Å². The summed E-state index contributed by atoms with van der Waals surface area (Å²) in [5, 5.41) is 3.05. The zero-order chi connectivity index (χ0) is 23.1. The van der Waals surface area contributed by atoms with Crippen molar-refractivity contribution in [1.29, 1.82) is 0 Å². The average molecular weight is 457 g/mol. The number of guanidine groups is 1. The summed E-state index contributed by atoms with van der Waals surface area (Å²) in [6, 6.07) is 23.9. The summed E-state index contributed by atoms with van der Waals surface area (Å²) in [6.07, 6.45) is 1.99. The third-order valence-corrected chi connectivity index (χ3v) is 7.23.